The summed E-state index contributed by atoms with van der Waals surface area (Å²) >= 11 is 6.06. The molecule has 7 heteroatoms. The van der Waals surface area contributed by atoms with Crippen LogP contribution >= 0.6 is 11.6 Å². The number of benzene rings is 2. The Morgan fingerprint density at radius 1 is 1.10 bits per heavy atom. The Morgan fingerprint density at radius 2 is 1.90 bits per heavy atom. The summed E-state index contributed by atoms with van der Waals surface area (Å²) in [4.78, 5) is 32.4. The summed E-state index contributed by atoms with van der Waals surface area (Å²) in [5.41, 5.74) is 0.936. The van der Waals surface area contributed by atoms with Gasteiger partial charge in [0.1, 0.15) is 17.2 Å². The summed E-state index contributed by atoms with van der Waals surface area (Å²) in [5.74, 6) is -0.899. The van der Waals surface area contributed by atoms with Crippen LogP contribution in [0.15, 0.2) is 70.0 Å². The zero-order chi connectivity index (χ0) is 21.0. The molecule has 2 aromatic heterocycles. The summed E-state index contributed by atoms with van der Waals surface area (Å²) in [7, 11) is 0. The van der Waals surface area contributed by atoms with Gasteiger partial charge in [-0.25, -0.2) is 9.37 Å². The molecule has 5 nitrogen and oxygen atoms in total. The average Bonchev–Trinajstić information content (AvgIpc) is 3.01. The second-order valence-electron chi connectivity index (χ2n) is 7.11. The fourth-order valence-corrected chi connectivity index (χ4v) is 4.00. The lowest BCUT2D eigenvalue weighted by Crippen LogP contribution is -2.30. The fourth-order valence-electron chi connectivity index (χ4n) is 3.82. The highest BCUT2D eigenvalue weighted by molar-refractivity contribution is 6.31. The van der Waals surface area contributed by atoms with Crippen LogP contribution in [0, 0.1) is 12.7 Å². The molecule has 1 atom stereocenters. The second kappa shape index (κ2) is 6.78. The van der Waals surface area contributed by atoms with Gasteiger partial charge >= 0.3 is 0 Å². The number of aryl methyl sites for hydroxylation is 1. The lowest BCUT2D eigenvalue weighted by atomic mass is 9.98. The van der Waals surface area contributed by atoms with Gasteiger partial charge in [-0.3, -0.25) is 14.5 Å². The molecule has 148 valence electrons. The molecule has 5 rings (SSSR count). The standard InChI is InChI=1S/C23H14ClFN2O3/c1-12-8-9-26-18(10-12)27-20(14-4-2-3-5-16(14)25)19-21(28)15-11-13(24)6-7-17(15)30-22(19)23(27)29/h2-11,20H,1H3. The maximum Gasteiger partial charge on any atom is 0.296 e. The molecule has 1 unspecified atom stereocenters. The lowest BCUT2D eigenvalue weighted by Gasteiger charge is -2.24. The van der Waals surface area contributed by atoms with E-state index in [1.54, 1.807) is 42.6 Å². The van der Waals surface area contributed by atoms with Gasteiger partial charge < -0.3 is 4.42 Å². The van der Waals surface area contributed by atoms with Crippen LogP contribution in [-0.2, 0) is 0 Å². The molecule has 0 spiro atoms. The predicted molar refractivity (Wildman–Crippen MR) is 112 cm³/mol. The quantitative estimate of drug-likeness (QED) is 0.456. The molecule has 1 aliphatic rings. The largest absolute Gasteiger partial charge is 0.450 e. The first-order chi connectivity index (χ1) is 14.5. The van der Waals surface area contributed by atoms with E-state index in [1.807, 2.05) is 6.92 Å². The van der Waals surface area contributed by atoms with Crippen LogP contribution in [0.3, 0.4) is 0 Å². The molecule has 0 fully saturated rings. The highest BCUT2D eigenvalue weighted by Gasteiger charge is 2.45. The number of pyridine rings is 1. The molecule has 0 saturated heterocycles. The van der Waals surface area contributed by atoms with Crippen LogP contribution < -0.4 is 10.3 Å². The van der Waals surface area contributed by atoms with E-state index in [9.17, 15) is 14.0 Å². The molecule has 1 aliphatic heterocycles. The number of carbonyl (C=O) groups is 1. The Balaban J connectivity index is 1.86. The van der Waals surface area contributed by atoms with Gasteiger partial charge in [0, 0.05) is 16.8 Å². The Labute approximate surface area is 175 Å². The normalized spacial score (nSPS) is 15.6. The van der Waals surface area contributed by atoms with Crippen molar-refractivity contribution in [2.45, 2.75) is 13.0 Å². The van der Waals surface area contributed by atoms with Crippen LogP contribution in [0.25, 0.3) is 11.0 Å². The van der Waals surface area contributed by atoms with E-state index in [-0.39, 0.29) is 27.9 Å². The third-order valence-electron chi connectivity index (χ3n) is 5.18. The van der Waals surface area contributed by atoms with Gasteiger partial charge in [-0.1, -0.05) is 29.8 Å². The highest BCUT2D eigenvalue weighted by atomic mass is 35.5. The smallest absolute Gasteiger partial charge is 0.296 e. The highest BCUT2D eigenvalue weighted by Crippen LogP contribution is 2.41. The van der Waals surface area contributed by atoms with E-state index in [1.165, 1.54) is 23.1 Å². The summed E-state index contributed by atoms with van der Waals surface area (Å²) in [6, 6.07) is 13.1. The molecule has 3 heterocycles. The van der Waals surface area contributed by atoms with Crippen molar-refractivity contribution in [2.75, 3.05) is 4.90 Å². The fraction of sp³-hybridized carbons (Fsp3) is 0.0870. The number of aromatic nitrogens is 1. The first-order valence-corrected chi connectivity index (χ1v) is 9.60. The summed E-state index contributed by atoms with van der Waals surface area (Å²) in [5, 5.41) is 0.591. The summed E-state index contributed by atoms with van der Waals surface area (Å²) in [6.07, 6.45) is 1.56. The van der Waals surface area contributed by atoms with Crippen molar-refractivity contribution in [3.05, 3.63) is 104 Å². The SMILES string of the molecule is Cc1ccnc(N2C(=O)c3oc4ccc(Cl)cc4c(=O)c3C2c2ccccc2F)c1. The molecule has 30 heavy (non-hydrogen) atoms. The van der Waals surface area contributed by atoms with E-state index in [0.717, 1.165) is 5.56 Å². The number of carbonyl (C=O) groups excluding carboxylic acids is 1. The number of hydrogen-bond acceptors (Lipinski definition) is 4. The molecule has 0 saturated carbocycles. The Kier molecular flexibility index (Phi) is 4.18. The van der Waals surface area contributed by atoms with E-state index >= 15 is 0 Å². The Morgan fingerprint density at radius 3 is 2.67 bits per heavy atom. The molecule has 0 radical (unpaired) electrons. The lowest BCUT2D eigenvalue weighted by molar-refractivity contribution is 0.0970. The molecule has 0 N–H and O–H groups in total. The van der Waals surface area contributed by atoms with Gasteiger partial charge in [-0.15, -0.1) is 0 Å². The van der Waals surface area contributed by atoms with Crippen LogP contribution in [0.5, 0.6) is 0 Å². The van der Waals surface area contributed by atoms with E-state index in [0.29, 0.717) is 10.8 Å². The van der Waals surface area contributed by atoms with Gasteiger partial charge in [-0.05, 0) is 48.9 Å². The number of amides is 1. The zero-order valence-electron chi connectivity index (χ0n) is 15.7. The zero-order valence-corrected chi connectivity index (χ0v) is 16.5. The van der Waals surface area contributed by atoms with E-state index in [2.05, 4.69) is 4.98 Å². The molecule has 1 amide bonds. The Hall–Kier alpha value is -3.51. The van der Waals surface area contributed by atoms with Crippen molar-refractivity contribution >= 4 is 34.3 Å². The third-order valence-corrected chi connectivity index (χ3v) is 5.41. The number of rotatable bonds is 2. The molecule has 0 aliphatic carbocycles. The van der Waals surface area contributed by atoms with Crippen molar-refractivity contribution < 1.29 is 13.6 Å². The van der Waals surface area contributed by atoms with E-state index in [4.69, 9.17) is 16.0 Å². The van der Waals surface area contributed by atoms with Crippen molar-refractivity contribution in [2.24, 2.45) is 0 Å². The van der Waals surface area contributed by atoms with E-state index < -0.39 is 23.2 Å². The second-order valence-corrected chi connectivity index (χ2v) is 7.54. The Bertz CT molecular complexity index is 1400. The number of nitrogens with zero attached hydrogens (tertiary/aromatic N) is 2. The molecule has 4 aromatic rings. The van der Waals surface area contributed by atoms with Crippen molar-refractivity contribution in [1.82, 2.24) is 4.98 Å². The topological polar surface area (TPSA) is 63.4 Å². The number of halogens is 2. The van der Waals surface area contributed by atoms with Crippen LogP contribution in [-0.4, -0.2) is 10.9 Å². The third kappa shape index (κ3) is 2.72. The maximum absolute atomic E-state index is 14.8. The molecule has 0 bridgehead atoms. The van der Waals surface area contributed by atoms with Crippen molar-refractivity contribution in [1.29, 1.82) is 0 Å². The number of fused-ring (bicyclic) bond motifs is 2. The predicted octanol–water partition coefficient (Wildman–Crippen LogP) is 5.04. The van der Waals surface area contributed by atoms with Crippen LogP contribution in [0.4, 0.5) is 10.2 Å². The molecular formula is C23H14ClFN2O3. The first-order valence-electron chi connectivity index (χ1n) is 9.22. The average molecular weight is 421 g/mol. The minimum Gasteiger partial charge on any atom is -0.450 e. The van der Waals surface area contributed by atoms with Gasteiger partial charge in [0.15, 0.2) is 5.43 Å². The monoisotopic (exact) mass is 420 g/mol. The number of anilines is 1. The summed E-state index contributed by atoms with van der Waals surface area (Å²) in [6.45, 7) is 1.86. The van der Waals surface area contributed by atoms with Crippen LogP contribution in [0.2, 0.25) is 5.02 Å². The minimum atomic E-state index is -1.01. The molecule has 2 aromatic carbocycles. The van der Waals surface area contributed by atoms with Gasteiger partial charge in [0.05, 0.1) is 17.0 Å². The maximum atomic E-state index is 14.8. The summed E-state index contributed by atoms with van der Waals surface area (Å²) < 4.78 is 20.7. The minimum absolute atomic E-state index is 0.0724. The van der Waals surface area contributed by atoms with Gasteiger partial charge in [-0.2, -0.15) is 0 Å². The van der Waals surface area contributed by atoms with Gasteiger partial charge in [0.25, 0.3) is 5.91 Å². The van der Waals surface area contributed by atoms with Crippen molar-refractivity contribution in [3.63, 3.8) is 0 Å². The van der Waals surface area contributed by atoms with Crippen LogP contribution in [0.1, 0.15) is 33.3 Å². The van der Waals surface area contributed by atoms with Crippen molar-refractivity contribution in [3.8, 4) is 0 Å². The first kappa shape index (κ1) is 18.5. The molecular weight excluding hydrogens is 407 g/mol. The van der Waals surface area contributed by atoms with Gasteiger partial charge in [0.2, 0.25) is 5.76 Å². The number of hydrogen-bond donors (Lipinski definition) is 0.